The van der Waals surface area contributed by atoms with Crippen LogP contribution in [0.4, 0.5) is 13.2 Å². The van der Waals surface area contributed by atoms with E-state index < -0.39 is 11.7 Å². The molecule has 1 nitrogen and oxygen atoms in total. The summed E-state index contributed by atoms with van der Waals surface area (Å²) in [4.78, 5) is 0. The Hall–Kier alpha value is -1.03. The first-order valence-corrected chi connectivity index (χ1v) is 4.81. The molecule has 2 N–H and O–H groups in total. The summed E-state index contributed by atoms with van der Waals surface area (Å²) in [6.45, 7) is 0.890. The van der Waals surface area contributed by atoms with Crippen LogP contribution in [0.15, 0.2) is 24.3 Å². The lowest BCUT2D eigenvalue weighted by Gasteiger charge is -2.07. The number of alkyl halides is 3. The number of aryl methyl sites for hydroxylation is 1. The van der Waals surface area contributed by atoms with Gasteiger partial charge in [-0.25, -0.2) is 0 Å². The molecule has 84 valence electrons. The van der Waals surface area contributed by atoms with Gasteiger partial charge in [-0.2, -0.15) is 20.2 Å². The van der Waals surface area contributed by atoms with Gasteiger partial charge in [0.1, 0.15) is 0 Å². The fourth-order valence-corrected chi connectivity index (χ4v) is 1.31. The zero-order chi connectivity index (χ0) is 11.3. The highest BCUT2D eigenvalue weighted by atomic mass is 19.4. The Bertz CT molecular complexity index is 290. The lowest BCUT2D eigenvalue weighted by atomic mass is 10.1. The van der Waals surface area contributed by atoms with Crippen molar-refractivity contribution in [3.8, 4) is 0 Å². The summed E-state index contributed by atoms with van der Waals surface area (Å²) in [6, 6.07) is 5.32. The molecule has 0 aliphatic carbocycles. The minimum atomic E-state index is -4.24. The first-order valence-electron chi connectivity index (χ1n) is 4.81. The zero-order valence-corrected chi connectivity index (χ0v) is 8.35. The molecule has 0 aliphatic rings. The summed E-state index contributed by atoms with van der Waals surface area (Å²) in [5, 5.41) is 1.81. The van der Waals surface area contributed by atoms with Crippen LogP contribution in [0.25, 0.3) is 0 Å². The number of halogens is 3. The molecule has 0 heterocycles. The Morgan fingerprint density at radius 2 is 1.73 bits per heavy atom. The van der Waals surface area contributed by atoms with Crippen LogP contribution in [-0.2, 0) is 12.6 Å². The smallest absolute Gasteiger partial charge is 0.416 e. The van der Waals surface area contributed by atoms with E-state index in [0.29, 0.717) is 0 Å². The Morgan fingerprint density at radius 3 is 2.20 bits per heavy atom. The Balaban J connectivity index is 2.57. The number of hydrogen-bond acceptors (Lipinski definition) is 0. The number of benzene rings is 1. The molecule has 4 heteroatoms. The van der Waals surface area contributed by atoms with Crippen LogP contribution in [0.2, 0.25) is 0 Å². The molecule has 1 aromatic carbocycles. The van der Waals surface area contributed by atoms with Crippen molar-refractivity contribution >= 4 is 0 Å². The van der Waals surface area contributed by atoms with E-state index in [0.717, 1.165) is 37.1 Å². The summed E-state index contributed by atoms with van der Waals surface area (Å²) in [6.07, 6.45) is -2.52. The number of quaternary nitrogens is 1. The highest BCUT2D eigenvalue weighted by Crippen LogP contribution is 2.29. The van der Waals surface area contributed by atoms with Crippen molar-refractivity contribution in [3.05, 3.63) is 42.4 Å². The van der Waals surface area contributed by atoms with Crippen molar-refractivity contribution in [3.63, 3.8) is 0 Å². The molecular formula is C11H14F3N. The molecule has 15 heavy (non-hydrogen) atoms. The molecule has 0 bridgehead atoms. The average Bonchev–Trinajstić information content (AvgIpc) is 2.18. The zero-order valence-electron chi connectivity index (χ0n) is 8.35. The average molecular weight is 217 g/mol. The lowest BCUT2D eigenvalue weighted by Crippen LogP contribution is -2.76. The van der Waals surface area contributed by atoms with E-state index in [1.807, 2.05) is 5.32 Å². The topological polar surface area (TPSA) is 16.6 Å². The molecule has 0 saturated heterocycles. The summed E-state index contributed by atoms with van der Waals surface area (Å²) < 4.78 is 36.6. The molecule has 0 spiro atoms. The largest absolute Gasteiger partial charge is 0.479 e. The maximum absolute atomic E-state index is 12.2. The van der Waals surface area contributed by atoms with Gasteiger partial charge in [-0.15, -0.1) is 0 Å². The van der Waals surface area contributed by atoms with Gasteiger partial charge in [-0.3, -0.25) is 0 Å². The minimum absolute atomic E-state index is 0.588. The van der Waals surface area contributed by atoms with Gasteiger partial charge in [-0.05, 0) is 30.5 Å². The normalized spacial score (nSPS) is 11.7. The second-order valence-corrected chi connectivity index (χ2v) is 3.38. The lowest BCUT2D eigenvalue weighted by molar-refractivity contribution is -0.595. The van der Waals surface area contributed by atoms with Crippen LogP contribution in [-0.4, -0.2) is 6.54 Å². The molecule has 0 amide bonds. The summed E-state index contributed by atoms with van der Waals surface area (Å²) in [5.74, 6) is 0. The van der Waals surface area contributed by atoms with E-state index in [2.05, 4.69) is 7.05 Å². The van der Waals surface area contributed by atoms with Crippen molar-refractivity contribution in [2.24, 2.45) is 0 Å². The maximum atomic E-state index is 12.2. The third-order valence-electron chi connectivity index (χ3n) is 2.15. The van der Waals surface area contributed by atoms with E-state index in [4.69, 9.17) is 0 Å². The fourth-order valence-electron chi connectivity index (χ4n) is 1.31. The van der Waals surface area contributed by atoms with E-state index in [-0.39, 0.29) is 0 Å². The molecule has 0 atom stereocenters. The SMILES string of the molecule is [CH2-][NH2+]CCCc1ccc(C(F)(F)F)cc1. The number of rotatable bonds is 4. The van der Waals surface area contributed by atoms with E-state index in [9.17, 15) is 13.2 Å². The van der Waals surface area contributed by atoms with Crippen LogP contribution < -0.4 is 5.32 Å². The Labute approximate surface area is 87.3 Å². The van der Waals surface area contributed by atoms with Crippen molar-refractivity contribution in [2.45, 2.75) is 19.0 Å². The van der Waals surface area contributed by atoms with Crippen LogP contribution in [0.5, 0.6) is 0 Å². The third-order valence-corrected chi connectivity index (χ3v) is 2.15. The predicted molar refractivity (Wildman–Crippen MR) is 51.9 cm³/mol. The molecule has 0 aromatic heterocycles. The highest BCUT2D eigenvalue weighted by Gasteiger charge is 2.29. The molecule has 0 fully saturated rings. The quantitative estimate of drug-likeness (QED) is 0.586. The van der Waals surface area contributed by atoms with Gasteiger partial charge in [0.25, 0.3) is 0 Å². The van der Waals surface area contributed by atoms with Gasteiger partial charge in [-0.1, -0.05) is 12.1 Å². The maximum Gasteiger partial charge on any atom is 0.416 e. The van der Waals surface area contributed by atoms with Gasteiger partial charge < -0.3 is 5.32 Å². The number of nitrogens with two attached hydrogens (primary N) is 1. The molecule has 0 saturated carbocycles. The Morgan fingerprint density at radius 1 is 1.13 bits per heavy atom. The first kappa shape index (κ1) is 12.0. The fraction of sp³-hybridized carbons (Fsp3) is 0.364. The van der Waals surface area contributed by atoms with Crippen molar-refractivity contribution in [2.75, 3.05) is 6.54 Å². The van der Waals surface area contributed by atoms with Gasteiger partial charge in [0.05, 0.1) is 12.1 Å². The highest BCUT2D eigenvalue weighted by molar-refractivity contribution is 5.24. The second-order valence-electron chi connectivity index (χ2n) is 3.38. The number of hydrogen-bond donors (Lipinski definition) is 1. The van der Waals surface area contributed by atoms with E-state index >= 15 is 0 Å². The van der Waals surface area contributed by atoms with Crippen molar-refractivity contribution in [1.82, 2.24) is 0 Å². The van der Waals surface area contributed by atoms with Gasteiger partial charge in [0, 0.05) is 0 Å². The summed E-state index contributed by atoms with van der Waals surface area (Å²) >= 11 is 0. The molecular weight excluding hydrogens is 203 g/mol. The van der Waals surface area contributed by atoms with Gasteiger partial charge >= 0.3 is 6.18 Å². The van der Waals surface area contributed by atoms with Gasteiger partial charge in [0.15, 0.2) is 0 Å². The Kier molecular flexibility index (Phi) is 4.15. The van der Waals surface area contributed by atoms with E-state index in [1.165, 1.54) is 12.1 Å². The monoisotopic (exact) mass is 217 g/mol. The van der Waals surface area contributed by atoms with Crippen molar-refractivity contribution < 1.29 is 18.5 Å². The van der Waals surface area contributed by atoms with Crippen LogP contribution in [0.1, 0.15) is 17.5 Å². The summed E-state index contributed by atoms with van der Waals surface area (Å²) in [7, 11) is 3.59. The summed E-state index contributed by atoms with van der Waals surface area (Å²) in [5.41, 5.74) is 0.347. The molecule has 0 radical (unpaired) electrons. The molecule has 1 aromatic rings. The second kappa shape index (κ2) is 5.16. The molecule has 0 unspecified atom stereocenters. The minimum Gasteiger partial charge on any atom is -0.479 e. The first-order chi connectivity index (χ1) is 7.04. The van der Waals surface area contributed by atoms with Crippen LogP contribution >= 0.6 is 0 Å². The molecule has 1 rings (SSSR count). The molecule has 0 aliphatic heterocycles. The van der Waals surface area contributed by atoms with E-state index in [1.54, 1.807) is 0 Å². The third kappa shape index (κ3) is 3.91. The predicted octanol–water partition coefficient (Wildman–Crippen LogP) is 1.99. The van der Waals surface area contributed by atoms with Crippen LogP contribution in [0.3, 0.4) is 0 Å². The van der Waals surface area contributed by atoms with Gasteiger partial charge in [0.2, 0.25) is 0 Å². The van der Waals surface area contributed by atoms with Crippen molar-refractivity contribution in [1.29, 1.82) is 0 Å². The standard InChI is InChI=1S/C11H14F3N/c1-15-8-2-3-9-4-6-10(7-5-9)11(12,13)14/h4-7H,1-3,8,15H2. The van der Waals surface area contributed by atoms with Crippen LogP contribution in [0, 0.1) is 7.05 Å².